The number of piperazine rings is 1. The molecule has 0 aromatic heterocycles. The molecule has 1 N–H and O–H groups in total. The molecule has 0 aliphatic carbocycles. The highest BCUT2D eigenvalue weighted by Gasteiger charge is 2.53. The number of ketones is 1. The van der Waals surface area contributed by atoms with E-state index in [4.69, 9.17) is 9.47 Å². The highest BCUT2D eigenvalue weighted by atomic mass is 32.2. The van der Waals surface area contributed by atoms with E-state index >= 15 is 0 Å². The largest absolute Gasteiger partial charge is 0.383 e. The van der Waals surface area contributed by atoms with Gasteiger partial charge in [0.1, 0.15) is 18.7 Å². The molecule has 1 aromatic rings. The molecular weight excluding hydrogens is 492 g/mol. The number of rotatable bonds is 8. The van der Waals surface area contributed by atoms with Gasteiger partial charge in [-0.2, -0.15) is 11.8 Å². The first kappa shape index (κ1) is 27.9. The average Bonchev–Trinajstić information content (AvgIpc) is 3.45. The van der Waals surface area contributed by atoms with Gasteiger partial charge in [-0.3, -0.25) is 19.3 Å². The van der Waals surface area contributed by atoms with Gasteiger partial charge in [0, 0.05) is 57.6 Å². The number of nitrogens with zero attached hydrogens (tertiary/aromatic N) is 3. The number of likely N-dealkylation sites (tertiary alicyclic amines) is 1. The van der Waals surface area contributed by atoms with Crippen molar-refractivity contribution >= 4 is 35.0 Å². The van der Waals surface area contributed by atoms with Crippen LogP contribution in [0.1, 0.15) is 31.1 Å². The molecule has 0 spiro atoms. The number of thioether (sulfide) groups is 1. The molecule has 3 saturated heterocycles. The molecule has 0 radical (unpaired) electrons. The van der Waals surface area contributed by atoms with E-state index in [1.165, 1.54) is 0 Å². The first-order valence-electron chi connectivity index (χ1n) is 13.0. The molecule has 3 aliphatic heterocycles. The standard InChI is InChI=1S/C27H40N4O5S/c1-27(2,3)24(26(34)31-16-21(37-5)23-22(31)20(32)17-36-23)28-25(33)18-6-8-19(9-7-18)30-12-10-29(11-13-30)14-15-35-4/h6-9,21-24H,10-17H2,1-5H3,(H,28,33)/t21-,22+,23+,24+/m0/s1. The maximum Gasteiger partial charge on any atom is 0.251 e. The van der Waals surface area contributed by atoms with Crippen molar-refractivity contribution in [3.05, 3.63) is 29.8 Å². The van der Waals surface area contributed by atoms with E-state index in [9.17, 15) is 14.4 Å². The van der Waals surface area contributed by atoms with Gasteiger partial charge >= 0.3 is 0 Å². The van der Waals surface area contributed by atoms with Crippen LogP contribution >= 0.6 is 11.8 Å². The van der Waals surface area contributed by atoms with Gasteiger partial charge in [0.15, 0.2) is 5.78 Å². The number of fused-ring (bicyclic) bond motifs is 1. The smallest absolute Gasteiger partial charge is 0.251 e. The van der Waals surface area contributed by atoms with Crippen LogP contribution in [0.3, 0.4) is 0 Å². The third kappa shape index (κ3) is 6.13. The van der Waals surface area contributed by atoms with E-state index < -0.39 is 17.5 Å². The van der Waals surface area contributed by atoms with Gasteiger partial charge in [-0.25, -0.2) is 0 Å². The maximum absolute atomic E-state index is 13.7. The summed E-state index contributed by atoms with van der Waals surface area (Å²) in [5.74, 6) is -0.589. The fraction of sp³-hybridized carbons (Fsp3) is 0.667. The van der Waals surface area contributed by atoms with Gasteiger partial charge in [0.05, 0.1) is 18.0 Å². The van der Waals surface area contributed by atoms with Crippen LogP contribution in [0.5, 0.6) is 0 Å². The predicted octanol–water partition coefficient (Wildman–Crippen LogP) is 1.51. The Morgan fingerprint density at radius 2 is 1.84 bits per heavy atom. The topological polar surface area (TPSA) is 91.4 Å². The lowest BCUT2D eigenvalue weighted by atomic mass is 9.85. The van der Waals surface area contributed by atoms with E-state index in [1.807, 2.05) is 51.3 Å². The van der Waals surface area contributed by atoms with Gasteiger partial charge in [-0.1, -0.05) is 20.8 Å². The summed E-state index contributed by atoms with van der Waals surface area (Å²) < 4.78 is 10.9. The monoisotopic (exact) mass is 532 g/mol. The second-order valence-corrected chi connectivity index (χ2v) is 12.2. The lowest BCUT2D eigenvalue weighted by molar-refractivity contribution is -0.140. The maximum atomic E-state index is 13.7. The third-order valence-corrected chi connectivity index (χ3v) is 8.61. The highest BCUT2D eigenvalue weighted by molar-refractivity contribution is 7.99. The van der Waals surface area contributed by atoms with Gasteiger partial charge in [-0.15, -0.1) is 0 Å². The number of carbonyl (C=O) groups is 3. The lowest BCUT2D eigenvalue weighted by Gasteiger charge is -2.36. The first-order chi connectivity index (χ1) is 17.6. The van der Waals surface area contributed by atoms with Crippen molar-refractivity contribution in [2.45, 2.75) is 44.2 Å². The third-order valence-electron chi connectivity index (χ3n) is 7.59. The summed E-state index contributed by atoms with van der Waals surface area (Å²) in [7, 11) is 1.72. The number of anilines is 1. The number of amides is 2. The minimum absolute atomic E-state index is 0.0390. The Hall–Kier alpha value is -2.14. The van der Waals surface area contributed by atoms with E-state index in [2.05, 4.69) is 15.1 Å². The minimum Gasteiger partial charge on any atom is -0.383 e. The van der Waals surface area contributed by atoms with Gasteiger partial charge in [0.2, 0.25) is 5.91 Å². The van der Waals surface area contributed by atoms with Gasteiger partial charge in [0.25, 0.3) is 5.91 Å². The van der Waals surface area contributed by atoms with E-state index in [1.54, 1.807) is 23.8 Å². The quantitative estimate of drug-likeness (QED) is 0.539. The van der Waals surface area contributed by atoms with Crippen LogP contribution in [-0.4, -0.2) is 117 Å². The van der Waals surface area contributed by atoms with Crippen LogP contribution in [0.15, 0.2) is 24.3 Å². The number of hydrogen-bond acceptors (Lipinski definition) is 8. The number of hydrogen-bond donors (Lipinski definition) is 1. The molecule has 1 aromatic carbocycles. The molecule has 4 atom stereocenters. The molecule has 9 nitrogen and oxygen atoms in total. The summed E-state index contributed by atoms with van der Waals surface area (Å²) in [4.78, 5) is 45.9. The summed E-state index contributed by atoms with van der Waals surface area (Å²) in [5, 5.41) is 3.03. The molecule has 4 rings (SSSR count). The van der Waals surface area contributed by atoms with Gasteiger partial charge in [-0.05, 0) is 35.9 Å². The molecule has 3 aliphatic rings. The van der Waals surface area contributed by atoms with Crippen LogP contribution in [0.25, 0.3) is 0 Å². The summed E-state index contributed by atoms with van der Waals surface area (Å²) in [5.41, 5.74) is 1.05. The number of Topliss-reactive ketones (excluding diaryl/α,β-unsaturated/α-hetero) is 1. The van der Waals surface area contributed by atoms with Crippen molar-refractivity contribution in [2.24, 2.45) is 5.41 Å². The number of benzene rings is 1. The Balaban J connectivity index is 1.41. The number of carbonyl (C=O) groups excluding carboxylic acids is 3. The zero-order valence-corrected chi connectivity index (χ0v) is 23.4. The molecular formula is C27H40N4O5S. The van der Waals surface area contributed by atoms with E-state index in [0.29, 0.717) is 12.1 Å². The number of methoxy groups -OCH3 is 1. The molecule has 0 saturated carbocycles. The van der Waals surface area contributed by atoms with Gasteiger partial charge < -0.3 is 24.6 Å². The van der Waals surface area contributed by atoms with Crippen molar-refractivity contribution in [2.75, 3.05) is 70.7 Å². The molecule has 37 heavy (non-hydrogen) atoms. The van der Waals surface area contributed by atoms with E-state index in [0.717, 1.165) is 45.0 Å². The Morgan fingerprint density at radius 3 is 2.43 bits per heavy atom. The van der Waals surface area contributed by atoms with Crippen LogP contribution in [0.4, 0.5) is 5.69 Å². The summed E-state index contributed by atoms with van der Waals surface area (Å²) in [6.07, 6.45) is 1.69. The van der Waals surface area contributed by atoms with Crippen LogP contribution in [0, 0.1) is 5.41 Å². The molecule has 0 bridgehead atoms. The zero-order chi connectivity index (χ0) is 26.7. The van der Waals surface area contributed by atoms with E-state index in [-0.39, 0.29) is 35.6 Å². The molecule has 2 amide bonds. The highest BCUT2D eigenvalue weighted by Crippen LogP contribution is 2.35. The Labute approximate surface area is 224 Å². The fourth-order valence-corrected chi connectivity index (χ4v) is 6.15. The summed E-state index contributed by atoms with van der Waals surface area (Å²) >= 11 is 1.61. The Morgan fingerprint density at radius 1 is 1.16 bits per heavy atom. The number of nitrogens with one attached hydrogen (secondary N) is 1. The first-order valence-corrected chi connectivity index (χ1v) is 14.3. The fourth-order valence-electron chi connectivity index (χ4n) is 5.35. The molecule has 204 valence electrons. The van der Waals surface area contributed by atoms with Crippen LogP contribution in [-0.2, 0) is 19.1 Å². The van der Waals surface area contributed by atoms with Crippen molar-refractivity contribution in [1.29, 1.82) is 0 Å². The second-order valence-electron chi connectivity index (χ2n) is 11.1. The molecule has 0 unspecified atom stereocenters. The molecule has 10 heteroatoms. The SMILES string of the molecule is COCCN1CCN(c2ccc(C(=O)N[C@H](C(=O)N3C[C@H](SC)[C@H]4OCC(=O)[C@H]43)C(C)(C)C)cc2)CC1. The summed E-state index contributed by atoms with van der Waals surface area (Å²) in [6.45, 7) is 11.7. The predicted molar refractivity (Wildman–Crippen MR) is 145 cm³/mol. The Kier molecular flexibility index (Phi) is 8.83. The van der Waals surface area contributed by atoms with Crippen molar-refractivity contribution in [1.82, 2.24) is 15.1 Å². The molecule has 3 fully saturated rings. The zero-order valence-electron chi connectivity index (χ0n) is 22.6. The molecule has 3 heterocycles. The van der Waals surface area contributed by atoms with Crippen molar-refractivity contribution < 1.29 is 23.9 Å². The average molecular weight is 533 g/mol. The lowest BCUT2D eigenvalue weighted by Crippen LogP contribution is -2.57. The normalized spacial score (nSPS) is 25.3. The number of ether oxygens (including phenoxy) is 2. The van der Waals surface area contributed by atoms with Crippen molar-refractivity contribution in [3.8, 4) is 0 Å². The minimum atomic E-state index is -0.769. The van der Waals surface area contributed by atoms with Crippen LogP contribution < -0.4 is 10.2 Å². The van der Waals surface area contributed by atoms with Crippen molar-refractivity contribution in [3.63, 3.8) is 0 Å². The second kappa shape index (κ2) is 11.7. The summed E-state index contributed by atoms with van der Waals surface area (Å²) in [6, 6.07) is 6.23. The van der Waals surface area contributed by atoms with Crippen LogP contribution in [0.2, 0.25) is 0 Å². The Bertz CT molecular complexity index is 974.